The standard InChI is InChI=1S/C9H15Br/c10-9-5-7-2-1-3-8(4-7)6-9/h7-9H,1-6H2/t7-,8+,9?. The fraction of sp³-hybridized carbons (Fsp3) is 1.00. The third-order valence-electron chi connectivity index (χ3n) is 3.07. The van der Waals surface area contributed by atoms with Crippen LogP contribution in [0.2, 0.25) is 0 Å². The summed E-state index contributed by atoms with van der Waals surface area (Å²) < 4.78 is 0. The molecule has 0 nitrogen and oxygen atoms in total. The van der Waals surface area contributed by atoms with Gasteiger partial charge in [0.25, 0.3) is 0 Å². The molecule has 58 valence electrons. The molecule has 0 aromatic carbocycles. The average molecular weight is 203 g/mol. The van der Waals surface area contributed by atoms with Gasteiger partial charge in [0.2, 0.25) is 0 Å². The van der Waals surface area contributed by atoms with Gasteiger partial charge in [-0.25, -0.2) is 0 Å². The van der Waals surface area contributed by atoms with Crippen molar-refractivity contribution < 1.29 is 0 Å². The SMILES string of the molecule is BrC1C[C@H]2CCC[C@@H](C1)C2. The zero-order valence-corrected chi connectivity index (χ0v) is 7.94. The minimum atomic E-state index is 0.858. The molecule has 0 heterocycles. The Labute approximate surface area is 71.5 Å². The van der Waals surface area contributed by atoms with Crippen molar-refractivity contribution in [3.63, 3.8) is 0 Å². The Morgan fingerprint density at radius 1 is 0.900 bits per heavy atom. The van der Waals surface area contributed by atoms with E-state index in [1.807, 2.05) is 0 Å². The van der Waals surface area contributed by atoms with Crippen LogP contribution in [0.15, 0.2) is 0 Å². The molecule has 2 aliphatic carbocycles. The molecule has 1 heteroatoms. The van der Waals surface area contributed by atoms with E-state index in [4.69, 9.17) is 0 Å². The van der Waals surface area contributed by atoms with E-state index in [2.05, 4.69) is 15.9 Å². The molecule has 0 aromatic heterocycles. The fourth-order valence-corrected chi connectivity index (χ4v) is 3.71. The zero-order valence-electron chi connectivity index (χ0n) is 6.35. The highest BCUT2D eigenvalue weighted by molar-refractivity contribution is 9.09. The van der Waals surface area contributed by atoms with Crippen molar-refractivity contribution in [3.05, 3.63) is 0 Å². The molecule has 2 bridgehead atoms. The maximum atomic E-state index is 3.74. The second-order valence-electron chi connectivity index (χ2n) is 3.97. The molecule has 0 N–H and O–H groups in total. The Bertz CT molecular complexity index is 106. The lowest BCUT2D eigenvalue weighted by Crippen LogP contribution is -2.26. The second kappa shape index (κ2) is 2.84. The summed E-state index contributed by atoms with van der Waals surface area (Å²) in [6.07, 6.45) is 8.99. The quantitative estimate of drug-likeness (QED) is 0.529. The smallest absolute Gasteiger partial charge is 0.0151 e. The van der Waals surface area contributed by atoms with Crippen LogP contribution in [0.5, 0.6) is 0 Å². The molecular formula is C9H15Br. The molecule has 0 amide bonds. The van der Waals surface area contributed by atoms with E-state index in [0.717, 1.165) is 16.7 Å². The number of rotatable bonds is 0. The van der Waals surface area contributed by atoms with Crippen molar-refractivity contribution in [2.45, 2.75) is 43.4 Å². The lowest BCUT2D eigenvalue weighted by atomic mass is 9.72. The molecule has 2 rings (SSSR count). The Hall–Kier alpha value is 0.480. The van der Waals surface area contributed by atoms with E-state index in [-0.39, 0.29) is 0 Å². The number of halogens is 1. The molecule has 2 saturated carbocycles. The second-order valence-corrected chi connectivity index (χ2v) is 5.26. The van der Waals surface area contributed by atoms with Gasteiger partial charge in [0, 0.05) is 4.83 Å². The number of hydrogen-bond acceptors (Lipinski definition) is 0. The van der Waals surface area contributed by atoms with E-state index >= 15 is 0 Å². The summed E-state index contributed by atoms with van der Waals surface area (Å²) in [5, 5.41) is 0. The Kier molecular flexibility index (Phi) is 2.03. The van der Waals surface area contributed by atoms with Crippen LogP contribution in [-0.2, 0) is 0 Å². The van der Waals surface area contributed by atoms with Gasteiger partial charge in [0.1, 0.15) is 0 Å². The van der Waals surface area contributed by atoms with Crippen molar-refractivity contribution in [1.29, 1.82) is 0 Å². The molecule has 2 aliphatic rings. The molecule has 0 aliphatic heterocycles. The predicted octanol–water partition coefficient (Wildman–Crippen LogP) is 3.35. The Balaban J connectivity index is 1.98. The lowest BCUT2D eigenvalue weighted by Gasteiger charge is -2.36. The first-order valence-corrected chi connectivity index (χ1v) is 5.40. The third-order valence-corrected chi connectivity index (χ3v) is 3.82. The van der Waals surface area contributed by atoms with Crippen LogP contribution < -0.4 is 0 Å². The molecule has 10 heavy (non-hydrogen) atoms. The third kappa shape index (κ3) is 1.39. The van der Waals surface area contributed by atoms with Crippen LogP contribution in [0.4, 0.5) is 0 Å². The molecule has 2 fully saturated rings. The summed E-state index contributed by atoms with van der Waals surface area (Å²) in [4.78, 5) is 0.858. The van der Waals surface area contributed by atoms with Gasteiger partial charge in [-0.15, -0.1) is 0 Å². The van der Waals surface area contributed by atoms with E-state index in [9.17, 15) is 0 Å². The van der Waals surface area contributed by atoms with Crippen molar-refractivity contribution in [1.82, 2.24) is 0 Å². The highest BCUT2D eigenvalue weighted by Gasteiger charge is 2.30. The molecule has 1 unspecified atom stereocenters. The van der Waals surface area contributed by atoms with E-state index < -0.39 is 0 Å². The molecule has 0 aromatic rings. The molecule has 3 atom stereocenters. The number of alkyl halides is 1. The van der Waals surface area contributed by atoms with E-state index in [1.165, 1.54) is 32.1 Å². The molecular weight excluding hydrogens is 188 g/mol. The van der Waals surface area contributed by atoms with E-state index in [1.54, 1.807) is 6.42 Å². The summed E-state index contributed by atoms with van der Waals surface area (Å²) in [6.45, 7) is 0. The molecule has 0 spiro atoms. The van der Waals surface area contributed by atoms with Crippen LogP contribution in [0.25, 0.3) is 0 Å². The number of hydrogen-bond donors (Lipinski definition) is 0. The molecule has 0 saturated heterocycles. The van der Waals surface area contributed by atoms with Crippen LogP contribution in [0.3, 0.4) is 0 Å². The highest BCUT2D eigenvalue weighted by Crippen LogP contribution is 2.41. The first-order chi connectivity index (χ1) is 4.84. The van der Waals surface area contributed by atoms with Crippen LogP contribution in [-0.4, -0.2) is 4.83 Å². The van der Waals surface area contributed by atoms with Crippen molar-refractivity contribution in [3.8, 4) is 0 Å². The first-order valence-electron chi connectivity index (χ1n) is 4.48. The van der Waals surface area contributed by atoms with Crippen molar-refractivity contribution >= 4 is 15.9 Å². The van der Waals surface area contributed by atoms with Crippen molar-refractivity contribution in [2.24, 2.45) is 11.8 Å². The maximum Gasteiger partial charge on any atom is 0.0151 e. The fourth-order valence-electron chi connectivity index (χ4n) is 2.65. The van der Waals surface area contributed by atoms with E-state index in [0.29, 0.717) is 0 Å². The van der Waals surface area contributed by atoms with Gasteiger partial charge in [-0.1, -0.05) is 35.2 Å². The lowest BCUT2D eigenvalue weighted by molar-refractivity contribution is 0.197. The first kappa shape index (κ1) is 7.15. The summed E-state index contributed by atoms with van der Waals surface area (Å²) in [5.74, 6) is 2.16. The summed E-state index contributed by atoms with van der Waals surface area (Å²) >= 11 is 3.74. The monoisotopic (exact) mass is 202 g/mol. The predicted molar refractivity (Wildman–Crippen MR) is 47.4 cm³/mol. The van der Waals surface area contributed by atoms with Gasteiger partial charge >= 0.3 is 0 Å². The van der Waals surface area contributed by atoms with Crippen LogP contribution in [0.1, 0.15) is 38.5 Å². The van der Waals surface area contributed by atoms with Gasteiger partial charge in [-0.3, -0.25) is 0 Å². The Morgan fingerprint density at radius 2 is 1.50 bits per heavy atom. The zero-order chi connectivity index (χ0) is 6.97. The topological polar surface area (TPSA) is 0 Å². The van der Waals surface area contributed by atoms with Gasteiger partial charge < -0.3 is 0 Å². The van der Waals surface area contributed by atoms with Crippen LogP contribution >= 0.6 is 15.9 Å². The van der Waals surface area contributed by atoms with Crippen LogP contribution in [0, 0.1) is 11.8 Å². The van der Waals surface area contributed by atoms with Gasteiger partial charge in [0.15, 0.2) is 0 Å². The summed E-state index contributed by atoms with van der Waals surface area (Å²) in [6, 6.07) is 0. The Morgan fingerprint density at radius 3 is 2.10 bits per heavy atom. The highest BCUT2D eigenvalue weighted by atomic mass is 79.9. The summed E-state index contributed by atoms with van der Waals surface area (Å²) in [7, 11) is 0. The minimum absolute atomic E-state index is 0.858. The normalized spacial score (nSPS) is 47.1. The number of fused-ring (bicyclic) bond motifs is 2. The molecule has 0 radical (unpaired) electrons. The largest absolute Gasteiger partial charge is 0.0890 e. The summed E-state index contributed by atoms with van der Waals surface area (Å²) in [5.41, 5.74) is 0. The maximum absolute atomic E-state index is 3.74. The average Bonchev–Trinajstić information content (AvgIpc) is 1.85. The minimum Gasteiger partial charge on any atom is -0.0890 e. The van der Waals surface area contributed by atoms with Crippen molar-refractivity contribution in [2.75, 3.05) is 0 Å². The van der Waals surface area contributed by atoms with Gasteiger partial charge in [-0.05, 0) is 31.1 Å². The van der Waals surface area contributed by atoms with Gasteiger partial charge in [0.05, 0.1) is 0 Å². The van der Waals surface area contributed by atoms with Gasteiger partial charge in [-0.2, -0.15) is 0 Å².